The molecule has 30 nitrogen and oxygen atoms in total. The van der Waals surface area contributed by atoms with Crippen molar-refractivity contribution in [2.75, 3.05) is 381 Å². The molecule has 0 unspecified atom stereocenters. The zero-order valence-corrected chi connectivity index (χ0v) is 62.9. The molecule has 0 radical (unpaired) electrons. The molecule has 0 aliphatic carbocycles. The van der Waals surface area contributed by atoms with Gasteiger partial charge in [0.15, 0.2) is 0 Å². The van der Waals surface area contributed by atoms with Crippen LogP contribution in [0.15, 0.2) is 0 Å². The van der Waals surface area contributed by atoms with E-state index < -0.39 is 0 Å². The number of rotatable bonds is 83. The van der Waals surface area contributed by atoms with Crippen LogP contribution in [0.2, 0.25) is 0 Å². The summed E-state index contributed by atoms with van der Waals surface area (Å²) in [6, 6.07) is 0. The second kappa shape index (κ2) is 74.6. The Labute approximate surface area is 605 Å². The Kier molecular flexibility index (Phi) is 73.8. The monoisotopic (exact) mass is 1450 g/mol. The SMILES string of the molecule is OCCN(CCO)CCCN(CCCN(CCO)CCO)CCCN(CCCN(CCCN(CCO)CCO)CCCN(CCO)CCO)CCN(CCCN(CCCN(CCO)CCO)CCCN(CCO)CCO)CCCN(CCCN(CCO)CCO)CCCN(CCO)CCO. The number of nitrogens with zero attached hydrogens (tertiary/aromatic N) is 14. The summed E-state index contributed by atoms with van der Waals surface area (Å²) in [7, 11) is 0. The molecule has 0 fully saturated rings. The third-order valence-corrected chi connectivity index (χ3v) is 18.8. The van der Waals surface area contributed by atoms with E-state index in [1.165, 1.54) is 0 Å². The van der Waals surface area contributed by atoms with Crippen LogP contribution in [0.4, 0.5) is 0 Å². The molecular formula is C70H156N14O16. The highest BCUT2D eigenvalue weighted by molar-refractivity contribution is 4.75. The minimum atomic E-state index is 0.0205. The van der Waals surface area contributed by atoms with E-state index in [1.54, 1.807) is 0 Å². The summed E-state index contributed by atoms with van der Waals surface area (Å²) in [5.41, 5.74) is 0. The summed E-state index contributed by atoms with van der Waals surface area (Å²) >= 11 is 0. The van der Waals surface area contributed by atoms with Crippen LogP contribution in [0.1, 0.15) is 77.0 Å². The molecule has 0 amide bonds. The molecule has 602 valence electrons. The van der Waals surface area contributed by atoms with Crippen LogP contribution in [0.25, 0.3) is 0 Å². The first-order chi connectivity index (χ1) is 49.0. The molecule has 0 rings (SSSR count). The molecule has 0 aromatic heterocycles. The normalized spacial score (nSPS) is 12.7. The van der Waals surface area contributed by atoms with Crippen LogP contribution in [-0.4, -0.2) is 531 Å². The zero-order chi connectivity index (χ0) is 73.6. The molecule has 0 aromatic rings. The lowest BCUT2D eigenvalue weighted by Crippen LogP contribution is -2.41. The van der Waals surface area contributed by atoms with Gasteiger partial charge < -0.3 is 111 Å². The Morgan fingerprint density at radius 2 is 0.140 bits per heavy atom. The van der Waals surface area contributed by atoms with Gasteiger partial charge in [-0.05, 0) is 234 Å². The summed E-state index contributed by atoms with van der Waals surface area (Å²) in [6.45, 7) is 29.6. The lowest BCUT2D eigenvalue weighted by atomic mass is 10.2. The van der Waals surface area contributed by atoms with E-state index in [9.17, 15) is 81.7 Å². The van der Waals surface area contributed by atoms with Gasteiger partial charge in [-0.15, -0.1) is 0 Å². The van der Waals surface area contributed by atoms with Gasteiger partial charge in [-0.3, -0.25) is 39.2 Å². The molecule has 0 aliphatic heterocycles. The summed E-state index contributed by atoms with van der Waals surface area (Å²) in [5, 5.41) is 157. The van der Waals surface area contributed by atoms with Gasteiger partial charge in [0.2, 0.25) is 0 Å². The molecule has 0 aliphatic rings. The smallest absolute Gasteiger partial charge is 0.0558 e. The average Bonchev–Trinajstić information content (AvgIpc) is 1.61. The van der Waals surface area contributed by atoms with Gasteiger partial charge in [0, 0.05) is 118 Å². The van der Waals surface area contributed by atoms with E-state index >= 15 is 0 Å². The Morgan fingerprint density at radius 1 is 0.0800 bits per heavy atom. The van der Waals surface area contributed by atoms with Gasteiger partial charge in [-0.2, -0.15) is 0 Å². The van der Waals surface area contributed by atoms with E-state index in [2.05, 4.69) is 68.6 Å². The lowest BCUT2D eigenvalue weighted by Gasteiger charge is -2.32. The zero-order valence-electron chi connectivity index (χ0n) is 62.9. The predicted molar refractivity (Wildman–Crippen MR) is 399 cm³/mol. The van der Waals surface area contributed by atoms with Crippen molar-refractivity contribution < 1.29 is 81.7 Å². The molecule has 100 heavy (non-hydrogen) atoms. The van der Waals surface area contributed by atoms with E-state index in [4.69, 9.17) is 0 Å². The second-order valence-corrected chi connectivity index (χ2v) is 26.6. The van der Waals surface area contributed by atoms with Gasteiger partial charge in [-0.1, -0.05) is 0 Å². The quantitative estimate of drug-likeness (QED) is 0.0269. The topological polar surface area (TPSA) is 369 Å². The highest BCUT2D eigenvalue weighted by atomic mass is 16.3. The molecule has 30 heteroatoms. The van der Waals surface area contributed by atoms with Crippen molar-refractivity contribution in [2.45, 2.75) is 77.0 Å². The molecule has 0 spiro atoms. The molecule has 0 saturated heterocycles. The summed E-state index contributed by atoms with van der Waals surface area (Å²) < 4.78 is 0. The van der Waals surface area contributed by atoms with E-state index in [-0.39, 0.29) is 106 Å². The minimum absolute atomic E-state index is 0.0205. The number of hydrogen-bond acceptors (Lipinski definition) is 30. The van der Waals surface area contributed by atoms with Crippen molar-refractivity contribution in [3.8, 4) is 0 Å². The fourth-order valence-electron chi connectivity index (χ4n) is 13.5. The maximum atomic E-state index is 9.79. The summed E-state index contributed by atoms with van der Waals surface area (Å²) in [6.07, 6.45) is 10.6. The van der Waals surface area contributed by atoms with E-state index in [0.29, 0.717) is 105 Å². The van der Waals surface area contributed by atoms with Crippen LogP contribution in [0.5, 0.6) is 0 Å². The Bertz CT molecular complexity index is 1290. The van der Waals surface area contributed by atoms with Crippen LogP contribution >= 0.6 is 0 Å². The number of aliphatic hydroxyl groups excluding tert-OH is 16. The van der Waals surface area contributed by atoms with Gasteiger partial charge in [0.25, 0.3) is 0 Å². The molecule has 0 aromatic carbocycles. The largest absolute Gasteiger partial charge is 0.395 e. The van der Waals surface area contributed by atoms with Crippen molar-refractivity contribution in [1.82, 2.24) is 68.6 Å². The highest BCUT2D eigenvalue weighted by Gasteiger charge is 2.19. The fraction of sp³-hybridized carbons (Fsp3) is 1.00. The van der Waals surface area contributed by atoms with Crippen molar-refractivity contribution >= 4 is 0 Å². The second-order valence-electron chi connectivity index (χ2n) is 26.6. The third kappa shape index (κ3) is 58.0. The van der Waals surface area contributed by atoms with Crippen LogP contribution in [0, 0.1) is 0 Å². The molecule has 0 saturated carbocycles. The average molecular weight is 1450 g/mol. The molecule has 16 N–H and O–H groups in total. The molecule has 0 bridgehead atoms. The predicted octanol–water partition coefficient (Wildman–Crippen LogP) is -6.23. The Hall–Kier alpha value is -1.20. The lowest BCUT2D eigenvalue weighted by molar-refractivity contribution is 0.135. The van der Waals surface area contributed by atoms with Crippen LogP contribution in [-0.2, 0) is 0 Å². The number of aliphatic hydroxyl groups is 16. The summed E-state index contributed by atoms with van der Waals surface area (Å²) in [4.78, 5) is 32.1. The number of hydrogen-bond donors (Lipinski definition) is 16. The van der Waals surface area contributed by atoms with Gasteiger partial charge in [0.05, 0.1) is 106 Å². The standard InChI is InChI=1S/C70H156N14O16/c85-55-39-77(40-56-86)29-5-17-71(18-6-30-78(41-57-87)42-58-88)13-1-25-75(26-2-14-72(19-7-31-79(43-59-89)44-60-90)20-8-32-80(45-61-91)46-62-92)37-38-76(27-3-15-73(21-9-33-81(47-63-93)48-64-94)22-10-34-82(49-65-95)50-66-96)28-4-16-74(23-11-35-83(51-67-97)52-68-98)24-12-36-84(53-69-99)54-70-100/h85-100H,1-70H2. The van der Waals surface area contributed by atoms with Crippen molar-refractivity contribution in [1.29, 1.82) is 0 Å². The van der Waals surface area contributed by atoms with E-state index in [0.717, 1.165) is 247 Å². The van der Waals surface area contributed by atoms with E-state index in [1.807, 2.05) is 0 Å². The first kappa shape index (κ1) is 98.8. The first-order valence-electron chi connectivity index (χ1n) is 38.8. The van der Waals surface area contributed by atoms with Crippen molar-refractivity contribution in [3.05, 3.63) is 0 Å². The Balaban J connectivity index is 7.51. The molecule has 0 atom stereocenters. The minimum Gasteiger partial charge on any atom is -0.395 e. The fourth-order valence-corrected chi connectivity index (χ4v) is 13.5. The maximum Gasteiger partial charge on any atom is 0.0558 e. The Morgan fingerprint density at radius 3 is 0.210 bits per heavy atom. The maximum absolute atomic E-state index is 9.79. The molecular weight excluding hydrogens is 1290 g/mol. The van der Waals surface area contributed by atoms with Crippen molar-refractivity contribution in [2.24, 2.45) is 0 Å². The van der Waals surface area contributed by atoms with Gasteiger partial charge in [0.1, 0.15) is 0 Å². The molecule has 0 heterocycles. The first-order valence-corrected chi connectivity index (χ1v) is 38.8. The van der Waals surface area contributed by atoms with Gasteiger partial charge >= 0.3 is 0 Å². The van der Waals surface area contributed by atoms with Crippen molar-refractivity contribution in [3.63, 3.8) is 0 Å². The van der Waals surface area contributed by atoms with Gasteiger partial charge in [-0.25, -0.2) is 0 Å². The van der Waals surface area contributed by atoms with Crippen LogP contribution in [0.3, 0.4) is 0 Å². The summed E-state index contributed by atoms with van der Waals surface area (Å²) in [5.74, 6) is 0. The highest BCUT2D eigenvalue weighted by Crippen LogP contribution is 2.10. The van der Waals surface area contributed by atoms with Crippen LogP contribution < -0.4 is 0 Å². The third-order valence-electron chi connectivity index (χ3n) is 18.8.